The van der Waals surface area contributed by atoms with Crippen LogP contribution in [0, 0.1) is 0 Å². The van der Waals surface area contributed by atoms with Gasteiger partial charge < -0.3 is 14.4 Å². The first-order valence-corrected chi connectivity index (χ1v) is 10.4. The molecule has 0 spiro atoms. The number of benzene rings is 2. The molecule has 154 valence electrons. The van der Waals surface area contributed by atoms with E-state index >= 15 is 0 Å². The van der Waals surface area contributed by atoms with Gasteiger partial charge in [0.25, 0.3) is 17.6 Å². The minimum Gasteiger partial charge on any atom is -0.347 e. The molecule has 30 heavy (non-hydrogen) atoms. The summed E-state index contributed by atoms with van der Waals surface area (Å²) in [5, 5.41) is 0.808. The molecular formula is C24H25N3O3. The molecule has 3 aromatic rings. The van der Waals surface area contributed by atoms with Crippen LogP contribution < -0.4 is 0 Å². The first-order valence-electron chi connectivity index (χ1n) is 10.4. The van der Waals surface area contributed by atoms with Crippen LogP contribution in [0.1, 0.15) is 34.1 Å². The summed E-state index contributed by atoms with van der Waals surface area (Å²) in [6.45, 7) is 4.43. The largest absolute Gasteiger partial charge is 0.347 e. The molecule has 0 radical (unpaired) electrons. The molecule has 1 fully saturated rings. The maximum atomic E-state index is 13.0. The Kier molecular flexibility index (Phi) is 5.65. The van der Waals surface area contributed by atoms with E-state index in [2.05, 4.69) is 6.92 Å². The fourth-order valence-electron chi connectivity index (χ4n) is 3.99. The molecule has 0 saturated carbocycles. The van der Waals surface area contributed by atoms with Gasteiger partial charge in [0, 0.05) is 55.4 Å². The molecule has 0 aliphatic carbocycles. The molecule has 1 aromatic heterocycles. The number of aryl methyl sites for hydroxylation is 1. The minimum absolute atomic E-state index is 0.0448. The molecule has 2 heterocycles. The van der Waals surface area contributed by atoms with Gasteiger partial charge in [-0.3, -0.25) is 14.4 Å². The second-order valence-corrected chi connectivity index (χ2v) is 7.53. The summed E-state index contributed by atoms with van der Waals surface area (Å²) in [4.78, 5) is 41.8. The number of Topliss-reactive ketones (excluding diaryl/α,β-unsaturated/α-hetero) is 1. The zero-order valence-corrected chi connectivity index (χ0v) is 17.1. The molecule has 1 aliphatic heterocycles. The van der Waals surface area contributed by atoms with Crippen LogP contribution in [0.3, 0.4) is 0 Å². The summed E-state index contributed by atoms with van der Waals surface area (Å²) < 4.78 is 2.03. The highest BCUT2D eigenvalue weighted by Crippen LogP contribution is 2.23. The van der Waals surface area contributed by atoms with E-state index in [1.165, 1.54) is 0 Å². The van der Waals surface area contributed by atoms with Crippen molar-refractivity contribution in [3.8, 4) is 0 Å². The van der Waals surface area contributed by atoms with Crippen LogP contribution in [0.4, 0.5) is 0 Å². The van der Waals surface area contributed by atoms with Crippen molar-refractivity contribution in [1.29, 1.82) is 0 Å². The van der Waals surface area contributed by atoms with E-state index < -0.39 is 11.7 Å². The summed E-state index contributed by atoms with van der Waals surface area (Å²) in [6.07, 6.45) is 2.74. The predicted molar refractivity (Wildman–Crippen MR) is 115 cm³/mol. The van der Waals surface area contributed by atoms with Crippen LogP contribution in [0.25, 0.3) is 10.9 Å². The van der Waals surface area contributed by atoms with Crippen LogP contribution >= 0.6 is 0 Å². The third-order valence-corrected chi connectivity index (χ3v) is 5.57. The van der Waals surface area contributed by atoms with Crippen molar-refractivity contribution in [2.24, 2.45) is 0 Å². The summed E-state index contributed by atoms with van der Waals surface area (Å²) in [5.41, 5.74) is 2.05. The van der Waals surface area contributed by atoms with Gasteiger partial charge in [0.15, 0.2) is 0 Å². The Labute approximate surface area is 175 Å². The predicted octanol–water partition coefficient (Wildman–Crippen LogP) is 3.22. The standard InChI is InChI=1S/C24H25N3O3/c1-2-12-27-17-20(19-10-6-7-11-21(19)27)22(28)24(30)26-15-13-25(14-16-26)23(29)18-8-4-3-5-9-18/h3-11,17H,2,12-16H2,1H3. The zero-order valence-electron chi connectivity index (χ0n) is 17.1. The van der Waals surface area contributed by atoms with Crippen molar-refractivity contribution >= 4 is 28.5 Å². The quantitative estimate of drug-likeness (QED) is 0.485. The minimum atomic E-state index is -0.499. The highest BCUT2D eigenvalue weighted by molar-refractivity contribution is 6.44. The Morgan fingerprint density at radius 2 is 1.47 bits per heavy atom. The van der Waals surface area contributed by atoms with Crippen LogP contribution in [0.15, 0.2) is 60.8 Å². The van der Waals surface area contributed by atoms with Crippen LogP contribution in [0.2, 0.25) is 0 Å². The summed E-state index contributed by atoms with van der Waals surface area (Å²) >= 11 is 0. The van der Waals surface area contributed by atoms with Gasteiger partial charge in [-0.15, -0.1) is 0 Å². The highest BCUT2D eigenvalue weighted by atomic mass is 16.2. The second kappa shape index (κ2) is 8.53. The molecule has 6 heteroatoms. The van der Waals surface area contributed by atoms with Gasteiger partial charge in [-0.25, -0.2) is 0 Å². The van der Waals surface area contributed by atoms with E-state index in [0.29, 0.717) is 37.3 Å². The first kappa shape index (κ1) is 19.9. The molecular weight excluding hydrogens is 378 g/mol. The molecule has 6 nitrogen and oxygen atoms in total. The van der Waals surface area contributed by atoms with Gasteiger partial charge in [0.2, 0.25) is 0 Å². The van der Waals surface area contributed by atoms with E-state index in [1.807, 2.05) is 47.0 Å². The van der Waals surface area contributed by atoms with Crippen molar-refractivity contribution < 1.29 is 14.4 Å². The third-order valence-electron chi connectivity index (χ3n) is 5.57. The first-order chi connectivity index (χ1) is 14.6. The number of amides is 2. The fourth-order valence-corrected chi connectivity index (χ4v) is 3.99. The number of aromatic nitrogens is 1. The Hall–Kier alpha value is -3.41. The topological polar surface area (TPSA) is 62.6 Å². The number of ketones is 1. The molecule has 4 rings (SSSR count). The number of piperazine rings is 1. The Morgan fingerprint density at radius 3 is 2.17 bits per heavy atom. The van der Waals surface area contributed by atoms with E-state index in [-0.39, 0.29) is 5.91 Å². The zero-order chi connectivity index (χ0) is 21.1. The molecule has 0 unspecified atom stereocenters. The van der Waals surface area contributed by atoms with Crippen molar-refractivity contribution in [3.63, 3.8) is 0 Å². The van der Waals surface area contributed by atoms with Gasteiger partial charge in [0.05, 0.1) is 5.56 Å². The van der Waals surface area contributed by atoms with Crippen LogP contribution in [-0.4, -0.2) is 58.1 Å². The molecule has 0 N–H and O–H groups in total. The van der Waals surface area contributed by atoms with Crippen molar-refractivity contribution in [1.82, 2.24) is 14.4 Å². The average molecular weight is 403 g/mol. The van der Waals surface area contributed by atoms with Gasteiger partial charge in [-0.05, 0) is 24.6 Å². The van der Waals surface area contributed by atoms with Gasteiger partial charge in [0.1, 0.15) is 0 Å². The summed E-state index contributed by atoms with van der Waals surface area (Å²) in [5.74, 6) is -1.03. The molecule has 0 atom stereocenters. The number of para-hydroxylation sites is 1. The number of hydrogen-bond acceptors (Lipinski definition) is 3. The van der Waals surface area contributed by atoms with Crippen molar-refractivity contribution in [2.75, 3.05) is 26.2 Å². The van der Waals surface area contributed by atoms with Crippen LogP contribution in [-0.2, 0) is 11.3 Å². The Morgan fingerprint density at radius 1 is 0.833 bits per heavy atom. The van der Waals surface area contributed by atoms with E-state index in [9.17, 15) is 14.4 Å². The van der Waals surface area contributed by atoms with Crippen molar-refractivity contribution in [2.45, 2.75) is 19.9 Å². The molecule has 2 amide bonds. The van der Waals surface area contributed by atoms with E-state index in [0.717, 1.165) is 23.9 Å². The number of fused-ring (bicyclic) bond motifs is 1. The third kappa shape index (κ3) is 3.73. The van der Waals surface area contributed by atoms with Gasteiger partial charge >= 0.3 is 0 Å². The smallest absolute Gasteiger partial charge is 0.295 e. The molecule has 1 aliphatic rings. The number of nitrogens with zero attached hydrogens (tertiary/aromatic N) is 3. The van der Waals surface area contributed by atoms with Crippen LogP contribution in [0.5, 0.6) is 0 Å². The molecule has 1 saturated heterocycles. The van der Waals surface area contributed by atoms with Gasteiger partial charge in [-0.1, -0.05) is 43.3 Å². The highest BCUT2D eigenvalue weighted by Gasteiger charge is 2.30. The van der Waals surface area contributed by atoms with E-state index in [1.54, 1.807) is 28.1 Å². The Balaban J connectivity index is 1.47. The fraction of sp³-hybridized carbons (Fsp3) is 0.292. The lowest BCUT2D eigenvalue weighted by Crippen LogP contribution is -2.52. The number of hydrogen-bond donors (Lipinski definition) is 0. The van der Waals surface area contributed by atoms with Gasteiger partial charge in [-0.2, -0.15) is 0 Å². The summed E-state index contributed by atoms with van der Waals surface area (Å²) in [6, 6.07) is 16.8. The lowest BCUT2D eigenvalue weighted by molar-refractivity contribution is -0.127. The maximum Gasteiger partial charge on any atom is 0.295 e. The monoisotopic (exact) mass is 403 g/mol. The van der Waals surface area contributed by atoms with Crippen molar-refractivity contribution in [3.05, 3.63) is 71.9 Å². The molecule has 0 bridgehead atoms. The number of carbonyl (C=O) groups is 3. The maximum absolute atomic E-state index is 13.0. The normalized spacial score (nSPS) is 14.2. The number of rotatable bonds is 5. The SMILES string of the molecule is CCCn1cc(C(=O)C(=O)N2CCN(C(=O)c3ccccc3)CC2)c2ccccc21. The Bertz CT molecular complexity index is 1080. The van der Waals surface area contributed by atoms with E-state index in [4.69, 9.17) is 0 Å². The lowest BCUT2D eigenvalue weighted by Gasteiger charge is -2.34. The second-order valence-electron chi connectivity index (χ2n) is 7.53. The molecule has 2 aromatic carbocycles. The lowest BCUT2D eigenvalue weighted by atomic mass is 10.1. The average Bonchev–Trinajstić information content (AvgIpc) is 3.17. The number of carbonyl (C=O) groups excluding carboxylic acids is 3. The summed E-state index contributed by atoms with van der Waals surface area (Å²) in [7, 11) is 0.